The molecule has 0 aromatic heterocycles. The molecule has 0 radical (unpaired) electrons. The fraction of sp³-hybridized carbons (Fsp3) is 0.600. The van der Waals surface area contributed by atoms with Gasteiger partial charge in [0.1, 0.15) is 11.3 Å². The van der Waals surface area contributed by atoms with Gasteiger partial charge in [0, 0.05) is 12.7 Å². The first-order chi connectivity index (χ1) is 12.3. The number of esters is 1. The van der Waals surface area contributed by atoms with Crippen LogP contribution < -0.4 is 10.1 Å². The largest absolute Gasteiger partial charge is 0.496 e. The van der Waals surface area contributed by atoms with Crippen molar-refractivity contribution in [2.24, 2.45) is 0 Å². The predicted molar refractivity (Wildman–Crippen MR) is 98.3 cm³/mol. The van der Waals surface area contributed by atoms with Gasteiger partial charge in [-0.15, -0.1) is 0 Å². The predicted octanol–water partition coefficient (Wildman–Crippen LogP) is 2.47. The second-order valence-electron chi connectivity index (χ2n) is 7.00. The number of benzene rings is 1. The number of aryl methyl sites for hydroxylation is 2. The Morgan fingerprint density at radius 1 is 1.15 bits per heavy atom. The molecule has 144 valence electrons. The molecule has 0 heterocycles. The van der Waals surface area contributed by atoms with E-state index in [9.17, 15) is 9.59 Å². The molecule has 0 spiro atoms. The minimum Gasteiger partial charge on any atom is -0.496 e. The Morgan fingerprint density at radius 2 is 1.81 bits per heavy atom. The third kappa shape index (κ3) is 4.36. The van der Waals surface area contributed by atoms with Gasteiger partial charge in [0.25, 0.3) is 0 Å². The number of hydrogen-bond acceptors (Lipinski definition) is 5. The first kappa shape index (κ1) is 20.2. The number of rotatable bonds is 6. The molecule has 0 bridgehead atoms. The number of carbonyl (C=O) groups excluding carboxylic acids is 2. The minimum absolute atomic E-state index is 0.115. The highest BCUT2D eigenvalue weighted by Gasteiger charge is 2.44. The summed E-state index contributed by atoms with van der Waals surface area (Å²) in [5.74, 6) is 0.0809. The molecule has 0 unspecified atom stereocenters. The van der Waals surface area contributed by atoms with Crippen LogP contribution in [-0.2, 0) is 25.5 Å². The highest BCUT2D eigenvalue weighted by atomic mass is 16.5. The molecular weight excluding hydrogens is 334 g/mol. The van der Waals surface area contributed by atoms with Gasteiger partial charge in [-0.1, -0.05) is 6.07 Å². The molecule has 26 heavy (non-hydrogen) atoms. The average Bonchev–Trinajstić information content (AvgIpc) is 2.63. The van der Waals surface area contributed by atoms with E-state index in [1.165, 1.54) is 7.11 Å². The summed E-state index contributed by atoms with van der Waals surface area (Å²) in [7, 11) is 4.62. The summed E-state index contributed by atoms with van der Waals surface area (Å²) in [6.07, 6.45) is 2.70. The van der Waals surface area contributed by atoms with Crippen molar-refractivity contribution < 1.29 is 23.8 Å². The van der Waals surface area contributed by atoms with Gasteiger partial charge in [-0.25, -0.2) is 4.79 Å². The Kier molecular flexibility index (Phi) is 6.64. The van der Waals surface area contributed by atoms with Gasteiger partial charge >= 0.3 is 5.97 Å². The van der Waals surface area contributed by atoms with Gasteiger partial charge < -0.3 is 19.5 Å². The lowest BCUT2D eigenvalue weighted by atomic mass is 9.80. The Balaban J connectivity index is 2.17. The fourth-order valence-corrected chi connectivity index (χ4v) is 3.73. The van der Waals surface area contributed by atoms with Crippen LogP contribution in [0.2, 0.25) is 0 Å². The summed E-state index contributed by atoms with van der Waals surface area (Å²) in [4.78, 5) is 25.2. The molecular formula is C20H29NO5. The monoisotopic (exact) mass is 363 g/mol. The van der Waals surface area contributed by atoms with Crippen molar-refractivity contribution in [3.05, 3.63) is 28.8 Å². The van der Waals surface area contributed by atoms with E-state index in [4.69, 9.17) is 14.2 Å². The third-order valence-electron chi connectivity index (χ3n) is 5.21. The van der Waals surface area contributed by atoms with Gasteiger partial charge in [0.15, 0.2) is 0 Å². The van der Waals surface area contributed by atoms with Crippen LogP contribution in [0, 0.1) is 13.8 Å². The molecule has 1 aliphatic rings. The number of ether oxygens (including phenoxy) is 3. The van der Waals surface area contributed by atoms with Gasteiger partial charge in [0.2, 0.25) is 5.91 Å². The molecule has 1 aliphatic carbocycles. The third-order valence-corrected chi connectivity index (χ3v) is 5.21. The maximum atomic E-state index is 12.8. The van der Waals surface area contributed by atoms with Crippen molar-refractivity contribution >= 4 is 11.9 Å². The van der Waals surface area contributed by atoms with E-state index in [0.29, 0.717) is 31.4 Å². The fourth-order valence-electron chi connectivity index (χ4n) is 3.73. The normalized spacial score (nSPS) is 22.6. The Morgan fingerprint density at radius 3 is 2.35 bits per heavy atom. The van der Waals surface area contributed by atoms with Crippen LogP contribution in [0.3, 0.4) is 0 Å². The minimum atomic E-state index is -0.979. The number of hydrogen-bond donors (Lipinski definition) is 1. The SMILES string of the molecule is COC(=O)C1(NC(=O)Cc2c(C)cc(C)cc2OC)CCC(OC)CC1. The van der Waals surface area contributed by atoms with E-state index in [1.807, 2.05) is 26.0 Å². The molecule has 1 aromatic rings. The number of methoxy groups -OCH3 is 3. The van der Waals surface area contributed by atoms with Crippen molar-refractivity contribution in [3.63, 3.8) is 0 Å². The average molecular weight is 363 g/mol. The molecule has 1 saturated carbocycles. The maximum Gasteiger partial charge on any atom is 0.331 e. The highest BCUT2D eigenvalue weighted by Crippen LogP contribution is 2.32. The van der Waals surface area contributed by atoms with Gasteiger partial charge in [0.05, 0.1) is 26.7 Å². The zero-order valence-corrected chi connectivity index (χ0v) is 16.3. The van der Waals surface area contributed by atoms with E-state index < -0.39 is 11.5 Å². The lowest BCUT2D eigenvalue weighted by molar-refractivity contribution is -0.153. The van der Waals surface area contributed by atoms with E-state index >= 15 is 0 Å². The first-order valence-corrected chi connectivity index (χ1v) is 8.91. The molecule has 6 heteroatoms. The smallest absolute Gasteiger partial charge is 0.331 e. The van der Waals surface area contributed by atoms with E-state index in [1.54, 1.807) is 14.2 Å². The second kappa shape index (κ2) is 8.54. The first-order valence-electron chi connectivity index (χ1n) is 8.91. The molecule has 6 nitrogen and oxygen atoms in total. The summed E-state index contributed by atoms with van der Waals surface area (Å²) >= 11 is 0. The maximum absolute atomic E-state index is 12.8. The quantitative estimate of drug-likeness (QED) is 0.786. The molecule has 1 N–H and O–H groups in total. The lowest BCUT2D eigenvalue weighted by Crippen LogP contribution is -2.57. The van der Waals surface area contributed by atoms with E-state index in [-0.39, 0.29) is 18.4 Å². The van der Waals surface area contributed by atoms with Crippen LogP contribution in [0.1, 0.15) is 42.4 Å². The van der Waals surface area contributed by atoms with Crippen LogP contribution in [-0.4, -0.2) is 44.8 Å². The van der Waals surface area contributed by atoms with Gasteiger partial charge in [-0.05, 0) is 56.7 Å². The zero-order chi connectivity index (χ0) is 19.3. The van der Waals surface area contributed by atoms with Gasteiger partial charge in [-0.3, -0.25) is 4.79 Å². The topological polar surface area (TPSA) is 73.9 Å². The van der Waals surface area contributed by atoms with E-state index in [2.05, 4.69) is 5.32 Å². The summed E-state index contributed by atoms with van der Waals surface area (Å²) in [6.45, 7) is 3.94. The van der Waals surface area contributed by atoms with Crippen LogP contribution in [0.25, 0.3) is 0 Å². The van der Waals surface area contributed by atoms with Crippen LogP contribution in [0.15, 0.2) is 12.1 Å². The Labute approximate surface area is 155 Å². The zero-order valence-electron chi connectivity index (χ0n) is 16.3. The Bertz CT molecular complexity index is 662. The van der Waals surface area contributed by atoms with Gasteiger partial charge in [-0.2, -0.15) is 0 Å². The van der Waals surface area contributed by atoms with Crippen molar-refractivity contribution in [1.82, 2.24) is 5.32 Å². The van der Waals surface area contributed by atoms with Crippen molar-refractivity contribution in [1.29, 1.82) is 0 Å². The van der Waals surface area contributed by atoms with Crippen LogP contribution >= 0.6 is 0 Å². The summed E-state index contributed by atoms with van der Waals surface area (Å²) in [6, 6.07) is 3.93. The molecule has 2 rings (SSSR count). The standard InChI is InChI=1S/C20H29NO5/c1-13-10-14(2)16(17(11-13)25-4)12-18(22)21-20(19(23)26-5)8-6-15(24-3)7-9-20/h10-11,15H,6-9,12H2,1-5H3,(H,21,22). The number of amides is 1. The molecule has 1 amide bonds. The van der Waals surface area contributed by atoms with Crippen molar-refractivity contribution in [3.8, 4) is 5.75 Å². The lowest BCUT2D eigenvalue weighted by Gasteiger charge is -2.38. The summed E-state index contributed by atoms with van der Waals surface area (Å²) in [5, 5.41) is 2.94. The second-order valence-corrected chi connectivity index (χ2v) is 7.00. The van der Waals surface area contributed by atoms with E-state index in [0.717, 1.165) is 16.7 Å². The van der Waals surface area contributed by atoms with Crippen LogP contribution in [0.5, 0.6) is 5.75 Å². The Hall–Kier alpha value is -2.08. The number of carbonyl (C=O) groups is 2. The summed E-state index contributed by atoms with van der Waals surface area (Å²) < 4.78 is 15.8. The molecule has 1 aromatic carbocycles. The molecule has 1 fully saturated rings. The molecule has 0 saturated heterocycles. The molecule has 0 atom stereocenters. The van der Waals surface area contributed by atoms with Crippen molar-refractivity contribution in [2.45, 2.75) is 57.6 Å². The van der Waals surface area contributed by atoms with Crippen molar-refractivity contribution in [2.75, 3.05) is 21.3 Å². The molecule has 0 aliphatic heterocycles. The summed E-state index contributed by atoms with van der Waals surface area (Å²) in [5.41, 5.74) is 1.92. The van der Waals surface area contributed by atoms with Crippen LogP contribution in [0.4, 0.5) is 0 Å². The number of nitrogens with one attached hydrogen (secondary N) is 1. The highest BCUT2D eigenvalue weighted by molar-refractivity contribution is 5.89.